The summed E-state index contributed by atoms with van der Waals surface area (Å²) in [5, 5.41) is 15.8. The first kappa shape index (κ1) is 8.25. The lowest BCUT2D eigenvalue weighted by Gasteiger charge is -1.94. The van der Waals surface area contributed by atoms with Gasteiger partial charge >= 0.3 is 0 Å². The number of nitrogens with zero attached hydrogens (tertiary/aromatic N) is 2. The highest BCUT2D eigenvalue weighted by molar-refractivity contribution is 9.10. The average Bonchev–Trinajstić information content (AvgIpc) is 2.52. The van der Waals surface area contributed by atoms with E-state index >= 15 is 0 Å². The fourth-order valence-corrected chi connectivity index (χ4v) is 1.27. The molecule has 0 amide bonds. The summed E-state index contributed by atoms with van der Waals surface area (Å²) in [5.74, 6) is 0.765. The molecule has 0 atom stereocenters. The Hall–Kier alpha value is -1.36. The van der Waals surface area contributed by atoms with Gasteiger partial charge in [-0.05, 0) is 28.1 Å². The van der Waals surface area contributed by atoms with Gasteiger partial charge < -0.3 is 5.11 Å². The predicted octanol–water partition coefficient (Wildman–Crippen LogP) is 1.94. The molecule has 2 N–H and O–H groups in total. The molecule has 13 heavy (non-hydrogen) atoms. The molecule has 2 rings (SSSR count). The van der Waals surface area contributed by atoms with E-state index in [1.807, 2.05) is 6.07 Å². The second-order valence-corrected chi connectivity index (χ2v) is 3.25. The van der Waals surface area contributed by atoms with Gasteiger partial charge in [0.15, 0.2) is 10.6 Å². The zero-order valence-corrected chi connectivity index (χ0v) is 8.12. The Morgan fingerprint density at radius 2 is 2.23 bits per heavy atom. The van der Waals surface area contributed by atoms with E-state index in [4.69, 9.17) is 0 Å². The topological polar surface area (TPSA) is 61.8 Å². The monoisotopic (exact) mass is 239 g/mol. The van der Waals surface area contributed by atoms with Crippen molar-refractivity contribution >= 4 is 15.9 Å². The van der Waals surface area contributed by atoms with Crippen LogP contribution in [0.2, 0.25) is 0 Å². The number of phenols is 1. The Kier molecular flexibility index (Phi) is 2.02. The number of benzene rings is 1. The molecular formula is C8H6BrN3O. The van der Waals surface area contributed by atoms with Gasteiger partial charge in [-0.2, -0.15) is 5.10 Å². The maximum absolute atomic E-state index is 9.20. The lowest BCUT2D eigenvalue weighted by atomic mass is 10.2. The summed E-state index contributed by atoms with van der Waals surface area (Å²) in [6.45, 7) is 0. The van der Waals surface area contributed by atoms with Crippen molar-refractivity contribution in [1.82, 2.24) is 15.2 Å². The average molecular weight is 240 g/mol. The van der Waals surface area contributed by atoms with Crippen molar-refractivity contribution in [3.63, 3.8) is 0 Å². The van der Waals surface area contributed by atoms with Crippen molar-refractivity contribution in [3.05, 3.63) is 29.0 Å². The number of hydrogen-bond acceptors (Lipinski definition) is 3. The third kappa shape index (κ3) is 1.70. The predicted molar refractivity (Wildman–Crippen MR) is 51.2 cm³/mol. The minimum absolute atomic E-state index is 0.207. The van der Waals surface area contributed by atoms with Crippen LogP contribution in [0.5, 0.6) is 5.75 Å². The van der Waals surface area contributed by atoms with Crippen molar-refractivity contribution in [2.75, 3.05) is 0 Å². The maximum atomic E-state index is 9.20. The third-order valence-corrected chi connectivity index (χ3v) is 1.92. The standard InChI is InChI=1S/C8H6BrN3O/c9-8-10-7(11-12-8)5-2-1-3-6(13)4-5/h1-4,13H,(H,10,11,12). The van der Waals surface area contributed by atoms with Crippen LogP contribution in [0.4, 0.5) is 0 Å². The lowest BCUT2D eigenvalue weighted by Crippen LogP contribution is -1.79. The number of nitrogens with one attached hydrogen (secondary N) is 1. The number of halogens is 1. The van der Waals surface area contributed by atoms with Gasteiger partial charge in [-0.25, -0.2) is 4.98 Å². The summed E-state index contributed by atoms with van der Waals surface area (Å²) in [6.07, 6.45) is 0. The molecule has 0 bridgehead atoms. The number of phenolic OH excluding ortho intramolecular Hbond substituents is 1. The number of H-pyrrole nitrogens is 1. The minimum Gasteiger partial charge on any atom is -0.508 e. The molecule has 1 heterocycles. The summed E-state index contributed by atoms with van der Waals surface area (Å²) in [4.78, 5) is 4.06. The van der Waals surface area contributed by atoms with Crippen molar-refractivity contribution in [2.24, 2.45) is 0 Å². The van der Waals surface area contributed by atoms with Gasteiger partial charge in [-0.3, -0.25) is 5.10 Å². The van der Waals surface area contributed by atoms with E-state index in [1.165, 1.54) is 0 Å². The van der Waals surface area contributed by atoms with Crippen molar-refractivity contribution in [3.8, 4) is 17.1 Å². The van der Waals surface area contributed by atoms with E-state index in [0.717, 1.165) is 5.56 Å². The molecule has 4 nitrogen and oxygen atoms in total. The van der Waals surface area contributed by atoms with Crippen LogP contribution >= 0.6 is 15.9 Å². The highest BCUT2D eigenvalue weighted by Gasteiger charge is 2.03. The Balaban J connectivity index is 2.46. The van der Waals surface area contributed by atoms with E-state index < -0.39 is 0 Å². The summed E-state index contributed by atoms with van der Waals surface area (Å²) in [6, 6.07) is 6.78. The smallest absolute Gasteiger partial charge is 0.193 e. The third-order valence-electron chi connectivity index (χ3n) is 1.56. The molecule has 0 unspecified atom stereocenters. The van der Waals surface area contributed by atoms with E-state index in [9.17, 15) is 5.11 Å². The SMILES string of the molecule is Oc1cccc(-c2n[nH]c(Br)n2)c1. The quantitative estimate of drug-likeness (QED) is 0.800. The second kappa shape index (κ2) is 3.18. The molecule has 0 aliphatic rings. The van der Waals surface area contributed by atoms with Crippen LogP contribution in [0.15, 0.2) is 29.0 Å². The molecule has 1 aromatic carbocycles. The van der Waals surface area contributed by atoms with Crippen LogP contribution in [0.3, 0.4) is 0 Å². The first-order chi connectivity index (χ1) is 6.25. The molecule has 0 fully saturated rings. The Bertz CT molecular complexity index is 427. The van der Waals surface area contributed by atoms with Crippen LogP contribution in [0.25, 0.3) is 11.4 Å². The molecule has 0 radical (unpaired) electrons. The molecule has 0 aliphatic carbocycles. The largest absolute Gasteiger partial charge is 0.508 e. The molecule has 0 saturated carbocycles. The fourth-order valence-electron chi connectivity index (χ4n) is 1.02. The second-order valence-electron chi connectivity index (χ2n) is 2.50. The lowest BCUT2D eigenvalue weighted by molar-refractivity contribution is 0.475. The summed E-state index contributed by atoms with van der Waals surface area (Å²) in [5.41, 5.74) is 0.780. The van der Waals surface area contributed by atoms with Gasteiger partial charge in [0.2, 0.25) is 0 Å². The number of rotatable bonds is 1. The molecule has 0 spiro atoms. The molecule has 0 saturated heterocycles. The van der Waals surface area contributed by atoms with Crippen molar-refractivity contribution in [1.29, 1.82) is 0 Å². The van der Waals surface area contributed by atoms with Gasteiger partial charge in [-0.15, -0.1) is 0 Å². The van der Waals surface area contributed by atoms with Crippen molar-refractivity contribution < 1.29 is 5.11 Å². The number of aromatic amines is 1. The van der Waals surface area contributed by atoms with Crippen LogP contribution in [0, 0.1) is 0 Å². The zero-order valence-electron chi connectivity index (χ0n) is 6.53. The van der Waals surface area contributed by atoms with Crippen LogP contribution in [-0.4, -0.2) is 20.3 Å². The van der Waals surface area contributed by atoms with Gasteiger partial charge in [0.05, 0.1) is 0 Å². The minimum atomic E-state index is 0.207. The summed E-state index contributed by atoms with van der Waals surface area (Å²) < 4.78 is 0.575. The number of aromatic hydroxyl groups is 1. The first-order valence-electron chi connectivity index (χ1n) is 3.63. The van der Waals surface area contributed by atoms with E-state index in [0.29, 0.717) is 10.6 Å². The maximum Gasteiger partial charge on any atom is 0.193 e. The highest BCUT2D eigenvalue weighted by atomic mass is 79.9. The van der Waals surface area contributed by atoms with Gasteiger partial charge in [0.1, 0.15) is 5.75 Å². The van der Waals surface area contributed by atoms with Crippen molar-refractivity contribution in [2.45, 2.75) is 0 Å². The van der Waals surface area contributed by atoms with Gasteiger partial charge in [0, 0.05) is 5.56 Å². The fraction of sp³-hybridized carbons (Fsp3) is 0. The summed E-state index contributed by atoms with van der Waals surface area (Å²) >= 11 is 3.16. The normalized spacial score (nSPS) is 10.2. The van der Waals surface area contributed by atoms with Crippen LogP contribution in [-0.2, 0) is 0 Å². The van der Waals surface area contributed by atoms with Gasteiger partial charge in [0.25, 0.3) is 0 Å². The van der Waals surface area contributed by atoms with E-state index in [1.54, 1.807) is 18.2 Å². The molecule has 0 aliphatic heterocycles. The number of aromatic nitrogens is 3. The summed E-state index contributed by atoms with van der Waals surface area (Å²) in [7, 11) is 0. The first-order valence-corrected chi connectivity index (χ1v) is 4.42. The Labute approximate surface area is 82.8 Å². The van der Waals surface area contributed by atoms with E-state index in [2.05, 4.69) is 31.1 Å². The van der Waals surface area contributed by atoms with E-state index in [-0.39, 0.29) is 5.75 Å². The number of hydrogen-bond donors (Lipinski definition) is 2. The molecule has 2 aromatic rings. The zero-order chi connectivity index (χ0) is 9.26. The molecular weight excluding hydrogens is 234 g/mol. The highest BCUT2D eigenvalue weighted by Crippen LogP contribution is 2.20. The van der Waals surface area contributed by atoms with Crippen LogP contribution < -0.4 is 0 Å². The van der Waals surface area contributed by atoms with Crippen LogP contribution in [0.1, 0.15) is 0 Å². The Morgan fingerprint density at radius 1 is 1.38 bits per heavy atom. The molecule has 5 heteroatoms. The molecule has 66 valence electrons. The van der Waals surface area contributed by atoms with Gasteiger partial charge in [-0.1, -0.05) is 12.1 Å². The Morgan fingerprint density at radius 3 is 2.85 bits per heavy atom. The molecule has 1 aromatic heterocycles.